The number of rotatable bonds is 7. The first-order valence-electron chi connectivity index (χ1n) is 12.0. The minimum absolute atomic E-state index is 0.0647. The fourth-order valence-electron chi connectivity index (χ4n) is 6.18. The highest BCUT2D eigenvalue weighted by Gasteiger charge is 2.43. The highest BCUT2D eigenvalue weighted by atomic mass is 19.1. The van der Waals surface area contributed by atoms with Crippen molar-refractivity contribution in [2.45, 2.75) is 64.2 Å². The van der Waals surface area contributed by atoms with Crippen LogP contribution < -0.4 is 0 Å². The number of carboxylic acids is 1. The minimum atomic E-state index is -0.675. The first-order valence-corrected chi connectivity index (χ1v) is 12.0. The second-order valence-electron chi connectivity index (χ2n) is 10.3. The molecule has 33 heavy (non-hydrogen) atoms. The molecule has 4 nitrogen and oxygen atoms in total. The van der Waals surface area contributed by atoms with Crippen molar-refractivity contribution in [3.63, 3.8) is 0 Å². The molecule has 1 aromatic heterocycles. The molecule has 2 saturated carbocycles. The van der Waals surface area contributed by atoms with Crippen molar-refractivity contribution >= 4 is 23.1 Å². The van der Waals surface area contributed by atoms with Gasteiger partial charge in [-0.2, -0.15) is 0 Å². The van der Waals surface area contributed by atoms with Gasteiger partial charge in [0.15, 0.2) is 0 Å². The summed E-state index contributed by atoms with van der Waals surface area (Å²) < 4.78 is 16.0. The molecule has 0 atom stereocenters. The number of hydrogen-bond donors (Lipinski definition) is 2. The van der Waals surface area contributed by atoms with Crippen molar-refractivity contribution in [3.05, 3.63) is 65.1 Å². The third kappa shape index (κ3) is 3.98. The Bertz CT molecular complexity index is 1200. The van der Waals surface area contributed by atoms with E-state index < -0.39 is 5.97 Å². The van der Waals surface area contributed by atoms with Gasteiger partial charge in [0.2, 0.25) is 0 Å². The van der Waals surface area contributed by atoms with E-state index in [4.69, 9.17) is 5.41 Å². The smallest absolute Gasteiger partial charge is 0.306 e. The molecule has 2 N–H and O–H groups in total. The van der Waals surface area contributed by atoms with E-state index in [2.05, 4.69) is 23.6 Å². The summed E-state index contributed by atoms with van der Waals surface area (Å²) in [5.74, 6) is -0.669. The van der Waals surface area contributed by atoms with Crippen LogP contribution in [0.15, 0.2) is 42.5 Å². The van der Waals surface area contributed by atoms with Crippen molar-refractivity contribution in [2.24, 2.45) is 11.3 Å². The first-order chi connectivity index (χ1) is 15.9. The molecule has 2 aliphatic rings. The predicted octanol–water partition coefficient (Wildman–Crippen LogP) is 6.86. The third-order valence-corrected chi connectivity index (χ3v) is 7.94. The summed E-state index contributed by atoms with van der Waals surface area (Å²) in [6.07, 6.45) is 9.48. The number of aryl methyl sites for hydroxylation is 1. The second kappa shape index (κ2) is 8.44. The Morgan fingerprint density at radius 2 is 1.88 bits per heavy atom. The van der Waals surface area contributed by atoms with Gasteiger partial charge >= 0.3 is 5.97 Å². The Morgan fingerprint density at radius 1 is 1.18 bits per heavy atom. The molecule has 0 amide bonds. The topological polar surface area (TPSA) is 66.1 Å². The Balaban J connectivity index is 1.62. The van der Waals surface area contributed by atoms with Crippen LogP contribution in [0.5, 0.6) is 0 Å². The molecule has 5 rings (SSSR count). The van der Waals surface area contributed by atoms with Crippen molar-refractivity contribution in [2.75, 3.05) is 0 Å². The molecule has 0 unspecified atom stereocenters. The molecular weight excluding hydrogens is 415 g/mol. The number of nitrogens with zero attached hydrogens (tertiary/aromatic N) is 1. The molecule has 2 fully saturated rings. The molecule has 2 aromatic carbocycles. The summed E-state index contributed by atoms with van der Waals surface area (Å²) in [4.78, 5) is 11.3. The summed E-state index contributed by atoms with van der Waals surface area (Å²) in [7, 11) is 0. The number of aliphatic carboxylic acids is 1. The number of nitrogens with one attached hydrogen (secondary N) is 1. The molecule has 2 aliphatic carbocycles. The predicted molar refractivity (Wildman–Crippen MR) is 129 cm³/mol. The monoisotopic (exact) mass is 446 g/mol. The Hall–Kier alpha value is -2.95. The highest BCUT2D eigenvalue weighted by Crippen LogP contribution is 2.50. The number of carbonyl (C=O) groups is 1. The Morgan fingerprint density at radius 3 is 2.52 bits per heavy atom. The summed E-state index contributed by atoms with van der Waals surface area (Å²) in [6.45, 7) is 2.22. The van der Waals surface area contributed by atoms with E-state index in [0.717, 1.165) is 55.3 Å². The highest BCUT2D eigenvalue weighted by molar-refractivity contribution is 5.92. The molecule has 0 bridgehead atoms. The van der Waals surface area contributed by atoms with E-state index in [1.165, 1.54) is 47.8 Å². The van der Waals surface area contributed by atoms with Crippen molar-refractivity contribution in [1.29, 1.82) is 5.41 Å². The van der Waals surface area contributed by atoms with Gasteiger partial charge in [0, 0.05) is 23.0 Å². The number of benzene rings is 2. The Kier molecular flexibility index (Phi) is 5.59. The number of fused-ring (bicyclic) bond motifs is 1. The molecule has 0 spiro atoms. The standard InChI is InChI=1S/C28H31FN2O2/c1-28(15-20(16-28)27(32)33)13-12-24-23-11-6-18(17-30)14-25(23)31(22-9-7-21(29)8-10-22)26(24)19-4-2-3-5-19/h6-11,14,17,19-20,30H,2-5,12-13,15-16H2,1H3,(H,32,33). The minimum Gasteiger partial charge on any atom is -0.481 e. The van der Waals surface area contributed by atoms with Crippen LogP contribution in [0.25, 0.3) is 16.6 Å². The first kappa shape index (κ1) is 21.9. The second-order valence-corrected chi connectivity index (χ2v) is 10.3. The fraction of sp³-hybridized carbons (Fsp3) is 0.429. The van der Waals surface area contributed by atoms with Gasteiger partial charge in [0.05, 0.1) is 11.4 Å². The van der Waals surface area contributed by atoms with Crippen LogP contribution in [0.4, 0.5) is 4.39 Å². The summed E-state index contributed by atoms with van der Waals surface area (Å²) >= 11 is 0. The number of halogens is 1. The zero-order chi connectivity index (χ0) is 23.2. The maximum atomic E-state index is 13.7. The van der Waals surface area contributed by atoms with E-state index in [0.29, 0.717) is 5.92 Å². The van der Waals surface area contributed by atoms with Gasteiger partial charge in [-0.3, -0.25) is 4.79 Å². The zero-order valence-electron chi connectivity index (χ0n) is 19.1. The maximum absolute atomic E-state index is 13.7. The molecule has 3 aromatic rings. The van der Waals surface area contributed by atoms with Gasteiger partial charge < -0.3 is 15.1 Å². The molecule has 172 valence electrons. The van der Waals surface area contributed by atoms with E-state index in [1.54, 1.807) is 0 Å². The SMILES string of the molecule is CC1(CCc2c(C3CCCC3)n(-c3ccc(F)cc3)c3cc(C=N)ccc23)CC(C(=O)O)C1. The van der Waals surface area contributed by atoms with Crippen LogP contribution in [0, 0.1) is 22.6 Å². The summed E-state index contributed by atoms with van der Waals surface area (Å²) in [6, 6.07) is 12.9. The lowest BCUT2D eigenvalue weighted by atomic mass is 9.61. The van der Waals surface area contributed by atoms with Crippen LogP contribution in [0.2, 0.25) is 0 Å². The maximum Gasteiger partial charge on any atom is 0.306 e. The van der Waals surface area contributed by atoms with Gasteiger partial charge in [-0.05, 0) is 91.3 Å². The van der Waals surface area contributed by atoms with E-state index in [-0.39, 0.29) is 17.2 Å². The molecular formula is C28H31FN2O2. The van der Waals surface area contributed by atoms with Crippen LogP contribution >= 0.6 is 0 Å². The van der Waals surface area contributed by atoms with Crippen LogP contribution in [0.1, 0.15) is 74.6 Å². The van der Waals surface area contributed by atoms with E-state index >= 15 is 0 Å². The largest absolute Gasteiger partial charge is 0.481 e. The van der Waals surface area contributed by atoms with E-state index in [9.17, 15) is 14.3 Å². The normalized spacial score (nSPS) is 23.0. The molecule has 0 saturated heterocycles. The van der Waals surface area contributed by atoms with Gasteiger partial charge in [-0.15, -0.1) is 0 Å². The zero-order valence-corrected chi connectivity index (χ0v) is 19.1. The van der Waals surface area contributed by atoms with Crippen molar-refractivity contribution in [3.8, 4) is 5.69 Å². The average Bonchev–Trinajstić information content (AvgIpc) is 3.42. The average molecular weight is 447 g/mol. The molecule has 0 aliphatic heterocycles. The lowest BCUT2D eigenvalue weighted by Gasteiger charge is -2.43. The number of hydrogen-bond acceptors (Lipinski definition) is 2. The van der Waals surface area contributed by atoms with Crippen LogP contribution in [0.3, 0.4) is 0 Å². The van der Waals surface area contributed by atoms with Crippen molar-refractivity contribution < 1.29 is 14.3 Å². The summed E-state index contributed by atoms with van der Waals surface area (Å²) in [5.41, 5.74) is 5.61. The number of aromatic nitrogens is 1. The summed E-state index contributed by atoms with van der Waals surface area (Å²) in [5, 5.41) is 18.3. The molecule has 1 heterocycles. The van der Waals surface area contributed by atoms with Gasteiger partial charge in [0.25, 0.3) is 0 Å². The Labute approximate surface area is 193 Å². The molecule has 0 radical (unpaired) electrons. The van der Waals surface area contributed by atoms with Gasteiger partial charge in [-0.25, -0.2) is 4.39 Å². The third-order valence-electron chi connectivity index (χ3n) is 7.94. The molecule has 5 heteroatoms. The van der Waals surface area contributed by atoms with E-state index in [1.807, 2.05) is 18.2 Å². The van der Waals surface area contributed by atoms with Gasteiger partial charge in [-0.1, -0.05) is 31.9 Å². The fourth-order valence-corrected chi connectivity index (χ4v) is 6.18. The van der Waals surface area contributed by atoms with Crippen LogP contribution in [-0.2, 0) is 11.2 Å². The quantitative estimate of drug-likeness (QED) is 0.389. The lowest BCUT2D eigenvalue weighted by molar-refractivity contribution is -0.149. The van der Waals surface area contributed by atoms with Crippen LogP contribution in [-0.4, -0.2) is 21.9 Å². The van der Waals surface area contributed by atoms with Crippen molar-refractivity contribution in [1.82, 2.24) is 4.57 Å². The van der Waals surface area contributed by atoms with Gasteiger partial charge in [0.1, 0.15) is 5.82 Å². The lowest BCUT2D eigenvalue weighted by Crippen LogP contribution is -2.39. The number of carboxylic acid groups (broad SMARTS) is 1.